The van der Waals surface area contributed by atoms with Crippen LogP contribution in [0.4, 0.5) is 5.69 Å². The summed E-state index contributed by atoms with van der Waals surface area (Å²) in [6.45, 7) is 1.78. The molecular formula is C22H16ClNO6. The Morgan fingerprint density at radius 3 is 2.60 bits per heavy atom. The van der Waals surface area contributed by atoms with Crippen LogP contribution >= 0.6 is 11.6 Å². The van der Waals surface area contributed by atoms with E-state index in [0.717, 1.165) is 0 Å². The molecule has 0 saturated heterocycles. The molecule has 2 aromatic carbocycles. The van der Waals surface area contributed by atoms with Gasteiger partial charge in [0, 0.05) is 16.8 Å². The fraction of sp³-hybridized carbons (Fsp3) is 0.182. The number of carbonyl (C=O) groups excluding carboxylic acids is 1. The maximum Gasteiger partial charge on any atom is 0.343 e. The van der Waals surface area contributed by atoms with Crippen molar-refractivity contribution in [3.05, 3.63) is 80.9 Å². The second-order valence-corrected chi connectivity index (χ2v) is 7.48. The lowest BCUT2D eigenvalue weighted by Gasteiger charge is -2.19. The lowest BCUT2D eigenvalue weighted by atomic mass is 9.88. The van der Waals surface area contributed by atoms with Gasteiger partial charge >= 0.3 is 5.63 Å². The SMILES string of the molecule is Cc1cc2c(c(=O)o1)[C@H](c1ccc3c(c1)OCO3)[C@H](C(=O)Nc1ccc(Cl)cc1)O2. The van der Waals surface area contributed by atoms with Crippen LogP contribution < -0.4 is 25.2 Å². The van der Waals surface area contributed by atoms with Crippen molar-refractivity contribution in [1.82, 2.24) is 0 Å². The number of anilines is 1. The van der Waals surface area contributed by atoms with Crippen molar-refractivity contribution >= 4 is 23.2 Å². The summed E-state index contributed by atoms with van der Waals surface area (Å²) < 4.78 is 22.1. The zero-order valence-electron chi connectivity index (χ0n) is 15.8. The van der Waals surface area contributed by atoms with E-state index in [4.69, 9.17) is 30.2 Å². The number of nitrogens with one attached hydrogen (secondary N) is 1. The molecule has 30 heavy (non-hydrogen) atoms. The predicted molar refractivity (Wildman–Crippen MR) is 109 cm³/mol. The average molecular weight is 426 g/mol. The van der Waals surface area contributed by atoms with Gasteiger partial charge in [0.2, 0.25) is 6.79 Å². The van der Waals surface area contributed by atoms with Crippen LogP contribution in [-0.4, -0.2) is 18.8 Å². The van der Waals surface area contributed by atoms with E-state index >= 15 is 0 Å². The Kier molecular flexibility index (Phi) is 4.40. The quantitative estimate of drug-likeness (QED) is 0.685. The number of rotatable bonds is 3. The Morgan fingerprint density at radius 1 is 1.03 bits per heavy atom. The number of halogens is 1. The molecule has 0 bridgehead atoms. The van der Waals surface area contributed by atoms with Gasteiger partial charge in [-0.3, -0.25) is 4.79 Å². The van der Waals surface area contributed by atoms with Gasteiger partial charge in [-0.1, -0.05) is 17.7 Å². The Balaban J connectivity index is 1.55. The summed E-state index contributed by atoms with van der Waals surface area (Å²) >= 11 is 5.91. The number of benzene rings is 2. The summed E-state index contributed by atoms with van der Waals surface area (Å²) in [7, 11) is 0. The second-order valence-electron chi connectivity index (χ2n) is 7.05. The number of fused-ring (bicyclic) bond motifs is 2. The van der Waals surface area contributed by atoms with Crippen molar-refractivity contribution < 1.29 is 23.4 Å². The van der Waals surface area contributed by atoms with E-state index in [1.165, 1.54) is 0 Å². The van der Waals surface area contributed by atoms with Crippen LogP contribution in [-0.2, 0) is 4.79 Å². The minimum absolute atomic E-state index is 0.123. The normalized spacial score (nSPS) is 18.6. The zero-order chi connectivity index (χ0) is 20.8. The minimum Gasteiger partial charge on any atom is -0.479 e. The predicted octanol–water partition coefficient (Wildman–Crippen LogP) is 3.86. The van der Waals surface area contributed by atoms with Crippen molar-refractivity contribution in [3.8, 4) is 17.2 Å². The van der Waals surface area contributed by atoms with Gasteiger partial charge in [-0.2, -0.15) is 0 Å². The molecule has 8 heteroatoms. The molecule has 1 amide bonds. The smallest absolute Gasteiger partial charge is 0.343 e. The molecule has 2 aliphatic heterocycles. The number of aryl methyl sites for hydroxylation is 1. The lowest BCUT2D eigenvalue weighted by molar-refractivity contribution is -0.122. The topological polar surface area (TPSA) is 87.0 Å². The maximum atomic E-state index is 13.1. The summed E-state index contributed by atoms with van der Waals surface area (Å²) in [4.78, 5) is 25.8. The summed E-state index contributed by atoms with van der Waals surface area (Å²) in [5.41, 5.74) is 1.02. The highest BCUT2D eigenvalue weighted by molar-refractivity contribution is 6.30. The molecule has 2 aliphatic rings. The highest BCUT2D eigenvalue weighted by Crippen LogP contribution is 2.44. The highest BCUT2D eigenvalue weighted by atomic mass is 35.5. The molecule has 2 atom stereocenters. The van der Waals surface area contributed by atoms with E-state index in [0.29, 0.717) is 44.8 Å². The molecule has 0 radical (unpaired) electrons. The first-order valence-corrected chi connectivity index (χ1v) is 9.64. The number of hydrogen-bond acceptors (Lipinski definition) is 6. The average Bonchev–Trinajstić information content (AvgIpc) is 3.33. The molecule has 3 aromatic rings. The fourth-order valence-electron chi connectivity index (χ4n) is 3.73. The summed E-state index contributed by atoms with van der Waals surface area (Å²) in [5.74, 6) is 0.835. The monoisotopic (exact) mass is 425 g/mol. The first kappa shape index (κ1) is 18.6. The maximum absolute atomic E-state index is 13.1. The molecule has 0 saturated carbocycles. The van der Waals surface area contributed by atoms with Gasteiger partial charge in [0.25, 0.3) is 5.91 Å². The van der Waals surface area contributed by atoms with Crippen molar-refractivity contribution in [2.75, 3.05) is 12.1 Å². The number of hydrogen-bond donors (Lipinski definition) is 1. The zero-order valence-corrected chi connectivity index (χ0v) is 16.6. The van der Waals surface area contributed by atoms with Crippen LogP contribution in [0.5, 0.6) is 17.2 Å². The molecule has 0 spiro atoms. The Bertz CT molecular complexity index is 1200. The van der Waals surface area contributed by atoms with E-state index in [-0.39, 0.29) is 6.79 Å². The summed E-state index contributed by atoms with van der Waals surface area (Å²) in [6.07, 6.45) is -0.972. The number of ether oxygens (including phenoxy) is 3. The van der Waals surface area contributed by atoms with Gasteiger partial charge in [0.1, 0.15) is 11.5 Å². The van der Waals surface area contributed by atoms with E-state index in [1.54, 1.807) is 55.5 Å². The standard InChI is InChI=1S/C22H16ClNO6/c1-11-8-17-19(22(26)29-11)18(12-2-7-15-16(9-12)28-10-27-15)20(30-17)21(25)24-14-5-3-13(23)4-6-14/h2-9,18,20H,10H2,1H3,(H,24,25)/t18-,20+/m0/s1. The molecule has 0 unspecified atom stereocenters. The first-order valence-electron chi connectivity index (χ1n) is 9.27. The van der Waals surface area contributed by atoms with Gasteiger partial charge in [-0.05, 0) is 48.9 Å². The summed E-state index contributed by atoms with van der Waals surface area (Å²) in [5, 5.41) is 3.38. The van der Waals surface area contributed by atoms with Crippen LogP contribution in [0, 0.1) is 6.92 Å². The molecule has 152 valence electrons. The Labute approximate surface area is 176 Å². The number of amides is 1. The van der Waals surface area contributed by atoms with Crippen LogP contribution in [0.15, 0.2) is 57.7 Å². The van der Waals surface area contributed by atoms with Gasteiger partial charge in [-0.25, -0.2) is 4.79 Å². The molecule has 0 fully saturated rings. The fourth-order valence-corrected chi connectivity index (χ4v) is 3.85. The summed E-state index contributed by atoms with van der Waals surface area (Å²) in [6, 6.07) is 13.6. The minimum atomic E-state index is -0.972. The van der Waals surface area contributed by atoms with Crippen LogP contribution in [0.3, 0.4) is 0 Å². The molecule has 1 aromatic heterocycles. The second kappa shape index (κ2) is 7.11. The van der Waals surface area contributed by atoms with E-state index in [2.05, 4.69) is 5.32 Å². The van der Waals surface area contributed by atoms with Gasteiger partial charge in [-0.15, -0.1) is 0 Å². The van der Waals surface area contributed by atoms with Gasteiger partial charge in [0.05, 0.1) is 11.5 Å². The molecule has 7 nitrogen and oxygen atoms in total. The molecular weight excluding hydrogens is 410 g/mol. The van der Waals surface area contributed by atoms with Crippen molar-refractivity contribution in [2.24, 2.45) is 0 Å². The van der Waals surface area contributed by atoms with Gasteiger partial charge < -0.3 is 23.9 Å². The van der Waals surface area contributed by atoms with Crippen LogP contribution in [0.25, 0.3) is 0 Å². The van der Waals surface area contributed by atoms with E-state index in [1.807, 2.05) is 0 Å². The van der Waals surface area contributed by atoms with E-state index < -0.39 is 23.6 Å². The first-order chi connectivity index (χ1) is 14.5. The third kappa shape index (κ3) is 3.17. The number of carbonyl (C=O) groups is 1. The van der Waals surface area contributed by atoms with Gasteiger partial charge in [0.15, 0.2) is 17.6 Å². The van der Waals surface area contributed by atoms with E-state index in [9.17, 15) is 9.59 Å². The molecule has 3 heterocycles. The lowest BCUT2D eigenvalue weighted by Crippen LogP contribution is -2.35. The highest BCUT2D eigenvalue weighted by Gasteiger charge is 2.43. The van der Waals surface area contributed by atoms with Crippen LogP contribution in [0.2, 0.25) is 5.02 Å². The van der Waals surface area contributed by atoms with Crippen molar-refractivity contribution in [2.45, 2.75) is 18.9 Å². The molecule has 1 N–H and O–H groups in total. The molecule has 5 rings (SSSR count). The largest absolute Gasteiger partial charge is 0.479 e. The third-order valence-corrected chi connectivity index (χ3v) is 5.32. The third-order valence-electron chi connectivity index (χ3n) is 5.07. The van der Waals surface area contributed by atoms with Crippen molar-refractivity contribution in [3.63, 3.8) is 0 Å². The van der Waals surface area contributed by atoms with Crippen molar-refractivity contribution in [1.29, 1.82) is 0 Å². The Hall–Kier alpha value is -3.45. The Morgan fingerprint density at radius 2 is 1.80 bits per heavy atom. The molecule has 0 aliphatic carbocycles. The van der Waals surface area contributed by atoms with Crippen LogP contribution in [0.1, 0.15) is 22.8 Å².